The van der Waals surface area contributed by atoms with Crippen LogP contribution in [0.5, 0.6) is 0 Å². The first kappa shape index (κ1) is 17.8. The summed E-state index contributed by atoms with van der Waals surface area (Å²) in [5.41, 5.74) is 5.91. The summed E-state index contributed by atoms with van der Waals surface area (Å²) in [6.45, 7) is 0.428. The maximum Gasteiger partial charge on any atom is 0.188 e. The highest BCUT2D eigenvalue weighted by Gasteiger charge is 2.14. The average Bonchev–Trinajstić information content (AvgIpc) is 2.81. The Labute approximate surface area is 139 Å². The fourth-order valence-corrected chi connectivity index (χ4v) is 4.19. The quantitative estimate of drug-likeness (QED) is 0.361. The molecule has 6 heteroatoms. The molecule has 1 aliphatic rings. The third-order valence-electron chi connectivity index (χ3n) is 4.16. The smallest absolute Gasteiger partial charge is 0.188 e. The maximum absolute atomic E-state index is 12.1. The number of nitrogens with one attached hydrogen (secondary N) is 1. The number of hydrogen-bond acceptors (Lipinski definition) is 3. The lowest BCUT2D eigenvalue weighted by molar-refractivity contribution is 0.530. The zero-order valence-corrected chi connectivity index (χ0v) is 14.4. The van der Waals surface area contributed by atoms with E-state index in [4.69, 9.17) is 5.73 Å². The molecular weight excluding hydrogens is 310 g/mol. The van der Waals surface area contributed by atoms with Gasteiger partial charge in [0.25, 0.3) is 0 Å². The van der Waals surface area contributed by atoms with Crippen LogP contribution >= 0.6 is 0 Å². The van der Waals surface area contributed by atoms with Crippen LogP contribution in [0.3, 0.4) is 0 Å². The van der Waals surface area contributed by atoms with Crippen LogP contribution in [0.4, 0.5) is 0 Å². The van der Waals surface area contributed by atoms with Crippen LogP contribution in [0.2, 0.25) is 0 Å². The molecular formula is C17H27N3O2S. The van der Waals surface area contributed by atoms with Crippen LogP contribution in [-0.2, 0) is 9.84 Å². The lowest BCUT2D eigenvalue weighted by Gasteiger charge is -2.16. The van der Waals surface area contributed by atoms with E-state index >= 15 is 0 Å². The summed E-state index contributed by atoms with van der Waals surface area (Å²) in [4.78, 5) is 4.63. The summed E-state index contributed by atoms with van der Waals surface area (Å²) in [5, 5.41) is 3.27. The van der Waals surface area contributed by atoms with Gasteiger partial charge in [-0.15, -0.1) is 0 Å². The molecule has 0 bridgehead atoms. The van der Waals surface area contributed by atoms with Crippen LogP contribution in [0, 0.1) is 0 Å². The molecule has 0 heterocycles. The van der Waals surface area contributed by atoms with E-state index in [1.54, 1.807) is 24.3 Å². The molecule has 0 saturated heterocycles. The minimum atomic E-state index is -3.22. The second-order valence-corrected chi connectivity index (χ2v) is 8.19. The predicted molar refractivity (Wildman–Crippen MR) is 94.2 cm³/mol. The number of nitrogens with two attached hydrogens (primary N) is 1. The standard InChI is InChI=1S/C17H27N3O2S/c18-17(20-15-9-4-1-2-5-10-15)19-13-8-14-23(21,22)16-11-6-3-7-12-16/h3,6-7,11-12,15H,1-2,4-5,8-10,13-14H2,(H3,18,19,20). The molecule has 1 aromatic carbocycles. The zero-order chi connectivity index (χ0) is 16.5. The van der Waals surface area contributed by atoms with Crippen molar-refractivity contribution in [3.05, 3.63) is 30.3 Å². The Hall–Kier alpha value is -1.56. The van der Waals surface area contributed by atoms with E-state index in [1.165, 1.54) is 25.7 Å². The molecule has 0 radical (unpaired) electrons. The van der Waals surface area contributed by atoms with Gasteiger partial charge in [-0.25, -0.2) is 8.42 Å². The number of sulfone groups is 1. The molecule has 1 fully saturated rings. The number of guanidine groups is 1. The Morgan fingerprint density at radius 3 is 2.43 bits per heavy atom. The summed E-state index contributed by atoms with van der Waals surface area (Å²) < 4.78 is 24.3. The highest BCUT2D eigenvalue weighted by molar-refractivity contribution is 7.91. The van der Waals surface area contributed by atoms with Gasteiger partial charge in [-0.05, 0) is 31.4 Å². The molecule has 0 aromatic heterocycles. The van der Waals surface area contributed by atoms with E-state index < -0.39 is 9.84 Å². The van der Waals surface area contributed by atoms with Crippen molar-refractivity contribution in [3.8, 4) is 0 Å². The van der Waals surface area contributed by atoms with Gasteiger partial charge in [0.2, 0.25) is 0 Å². The van der Waals surface area contributed by atoms with E-state index in [0.717, 1.165) is 12.8 Å². The second kappa shape index (κ2) is 8.91. The molecule has 0 atom stereocenters. The first-order chi connectivity index (χ1) is 11.1. The molecule has 3 N–H and O–H groups in total. The number of hydrogen-bond donors (Lipinski definition) is 2. The van der Waals surface area contributed by atoms with Gasteiger partial charge in [-0.3, -0.25) is 4.99 Å². The topological polar surface area (TPSA) is 84.5 Å². The van der Waals surface area contributed by atoms with Crippen LogP contribution in [0.15, 0.2) is 40.2 Å². The lowest BCUT2D eigenvalue weighted by atomic mass is 10.1. The summed E-state index contributed by atoms with van der Waals surface area (Å²) >= 11 is 0. The predicted octanol–water partition coefficient (Wildman–Crippen LogP) is 2.48. The Kier molecular flexibility index (Phi) is 6.89. The first-order valence-corrected chi connectivity index (χ1v) is 10.1. The molecule has 0 amide bonds. The molecule has 2 rings (SSSR count). The third-order valence-corrected chi connectivity index (χ3v) is 5.98. The molecule has 23 heavy (non-hydrogen) atoms. The van der Waals surface area contributed by atoms with Gasteiger partial charge in [0.05, 0.1) is 10.6 Å². The lowest BCUT2D eigenvalue weighted by Crippen LogP contribution is -2.39. The van der Waals surface area contributed by atoms with E-state index in [0.29, 0.717) is 29.9 Å². The second-order valence-electron chi connectivity index (χ2n) is 6.09. The average molecular weight is 337 g/mol. The van der Waals surface area contributed by atoms with Crippen LogP contribution in [0.25, 0.3) is 0 Å². The van der Waals surface area contributed by atoms with E-state index in [1.807, 2.05) is 6.07 Å². The fourth-order valence-electron chi connectivity index (χ4n) is 2.88. The first-order valence-electron chi connectivity index (χ1n) is 8.42. The number of aliphatic imine (C=N–C) groups is 1. The van der Waals surface area contributed by atoms with Gasteiger partial charge in [-0.2, -0.15) is 0 Å². The Morgan fingerprint density at radius 1 is 1.13 bits per heavy atom. The number of nitrogens with zero attached hydrogens (tertiary/aromatic N) is 1. The number of rotatable bonds is 6. The zero-order valence-electron chi connectivity index (χ0n) is 13.6. The largest absolute Gasteiger partial charge is 0.370 e. The molecule has 0 aliphatic heterocycles. The monoisotopic (exact) mass is 337 g/mol. The molecule has 5 nitrogen and oxygen atoms in total. The van der Waals surface area contributed by atoms with E-state index in [2.05, 4.69) is 10.3 Å². The van der Waals surface area contributed by atoms with Crippen LogP contribution in [0.1, 0.15) is 44.9 Å². The van der Waals surface area contributed by atoms with Gasteiger partial charge < -0.3 is 11.1 Å². The van der Waals surface area contributed by atoms with Crippen molar-refractivity contribution in [1.82, 2.24) is 5.32 Å². The van der Waals surface area contributed by atoms with Gasteiger partial charge >= 0.3 is 0 Å². The van der Waals surface area contributed by atoms with Crippen molar-refractivity contribution in [2.24, 2.45) is 10.7 Å². The fraction of sp³-hybridized carbons (Fsp3) is 0.588. The molecule has 0 unspecified atom stereocenters. The Balaban J connectivity index is 1.75. The summed E-state index contributed by atoms with van der Waals surface area (Å²) in [6.07, 6.45) is 7.82. The molecule has 1 aromatic rings. The molecule has 1 aliphatic carbocycles. The van der Waals surface area contributed by atoms with Crippen molar-refractivity contribution in [2.45, 2.75) is 55.9 Å². The van der Waals surface area contributed by atoms with Crippen molar-refractivity contribution in [3.63, 3.8) is 0 Å². The number of benzene rings is 1. The van der Waals surface area contributed by atoms with E-state index in [9.17, 15) is 8.42 Å². The Bertz CT molecular complexity index is 592. The minimum Gasteiger partial charge on any atom is -0.370 e. The van der Waals surface area contributed by atoms with Gasteiger partial charge in [0.15, 0.2) is 15.8 Å². The summed E-state index contributed by atoms with van der Waals surface area (Å²) in [6, 6.07) is 8.94. The Morgan fingerprint density at radius 2 is 1.78 bits per heavy atom. The van der Waals surface area contributed by atoms with Crippen LogP contribution in [-0.4, -0.2) is 32.7 Å². The van der Waals surface area contributed by atoms with Crippen molar-refractivity contribution >= 4 is 15.8 Å². The maximum atomic E-state index is 12.1. The van der Waals surface area contributed by atoms with Crippen molar-refractivity contribution < 1.29 is 8.42 Å². The molecule has 0 spiro atoms. The SMILES string of the molecule is NC(=NCCCS(=O)(=O)c1ccccc1)NC1CCCCCC1. The minimum absolute atomic E-state index is 0.0945. The molecule has 1 saturated carbocycles. The summed E-state index contributed by atoms with van der Waals surface area (Å²) in [5.74, 6) is 0.533. The highest BCUT2D eigenvalue weighted by atomic mass is 32.2. The summed E-state index contributed by atoms with van der Waals surface area (Å²) in [7, 11) is -3.22. The normalized spacial score (nSPS) is 17.7. The van der Waals surface area contributed by atoms with Gasteiger partial charge in [-0.1, -0.05) is 43.9 Å². The van der Waals surface area contributed by atoms with Crippen molar-refractivity contribution in [1.29, 1.82) is 0 Å². The van der Waals surface area contributed by atoms with Gasteiger partial charge in [0.1, 0.15) is 0 Å². The third kappa shape index (κ3) is 6.22. The van der Waals surface area contributed by atoms with E-state index in [-0.39, 0.29) is 5.75 Å². The highest BCUT2D eigenvalue weighted by Crippen LogP contribution is 2.17. The van der Waals surface area contributed by atoms with Gasteiger partial charge in [0, 0.05) is 12.6 Å². The van der Waals surface area contributed by atoms with Crippen molar-refractivity contribution in [2.75, 3.05) is 12.3 Å². The molecule has 128 valence electrons. The van der Waals surface area contributed by atoms with Crippen LogP contribution < -0.4 is 11.1 Å².